The molecule has 1 N–H and O–H groups in total. The summed E-state index contributed by atoms with van der Waals surface area (Å²) >= 11 is 0. The lowest BCUT2D eigenvalue weighted by Crippen LogP contribution is -2.30. The topological polar surface area (TPSA) is 83.6 Å². The third-order valence-corrected chi connectivity index (χ3v) is 7.27. The number of nitrogens with zero attached hydrogens (tertiary/aromatic N) is 1. The Hall–Kier alpha value is -2.74. The molecule has 0 atom stereocenters. The summed E-state index contributed by atoms with van der Waals surface area (Å²) in [5.41, 5.74) is 2.65. The van der Waals surface area contributed by atoms with Crippen LogP contribution in [0.5, 0.6) is 0 Å². The first-order valence-corrected chi connectivity index (χ1v) is 11.6. The van der Waals surface area contributed by atoms with Gasteiger partial charge in [-0.1, -0.05) is 0 Å². The fraction of sp³-hybridized carbons (Fsp3) is 0.364. The van der Waals surface area contributed by atoms with Crippen molar-refractivity contribution in [2.75, 3.05) is 22.5 Å². The highest BCUT2D eigenvalue weighted by Gasteiger charge is 2.36. The van der Waals surface area contributed by atoms with Crippen molar-refractivity contribution < 1.29 is 22.4 Å². The highest BCUT2D eigenvalue weighted by molar-refractivity contribution is 7.91. The van der Waals surface area contributed by atoms with Crippen LogP contribution in [0.1, 0.15) is 30.4 Å². The van der Waals surface area contributed by atoms with Gasteiger partial charge in [0.05, 0.1) is 10.6 Å². The number of nitrogens with one attached hydrogen (secondary N) is 1. The van der Waals surface area contributed by atoms with Crippen LogP contribution in [0.3, 0.4) is 0 Å². The van der Waals surface area contributed by atoms with E-state index in [0.717, 1.165) is 24.1 Å². The summed E-state index contributed by atoms with van der Waals surface area (Å²) in [6, 6.07) is 8.81. The summed E-state index contributed by atoms with van der Waals surface area (Å²) in [6.45, 7) is 2.24. The average Bonchev–Trinajstić information content (AvgIpc) is 3.47. The van der Waals surface area contributed by atoms with Gasteiger partial charge >= 0.3 is 0 Å². The Kier molecular flexibility index (Phi) is 5.36. The molecule has 0 spiro atoms. The molecule has 6 nitrogen and oxygen atoms in total. The molecule has 0 radical (unpaired) electrons. The molecule has 2 aromatic rings. The molecular weight excluding hydrogens is 407 g/mol. The van der Waals surface area contributed by atoms with Crippen LogP contribution >= 0.6 is 0 Å². The molecule has 1 aliphatic heterocycles. The molecule has 1 fully saturated rings. The zero-order valence-electron chi connectivity index (χ0n) is 16.7. The maximum Gasteiger partial charge on any atom is 0.230 e. The largest absolute Gasteiger partial charge is 0.326 e. The molecular formula is C22H23FN2O4S. The fourth-order valence-corrected chi connectivity index (χ4v) is 4.96. The van der Waals surface area contributed by atoms with Crippen molar-refractivity contribution in [3.05, 3.63) is 53.3 Å². The SMILES string of the molecule is Cc1cc(F)ccc1NC(=O)CCS(=O)(=O)c1ccc2c(c1)CCN2C(=O)C1CC1. The standard InChI is InChI=1S/C22H23FN2O4S/c1-14-12-17(23)4-6-19(14)24-21(26)9-11-30(28,29)18-5-7-20-16(13-18)8-10-25(20)22(27)15-2-3-15/h4-7,12-13,15H,2-3,8-11H2,1H3,(H,24,26). The molecule has 0 bridgehead atoms. The van der Waals surface area contributed by atoms with E-state index in [1.807, 2.05) is 0 Å². The highest BCUT2D eigenvalue weighted by atomic mass is 32.2. The number of anilines is 2. The van der Waals surface area contributed by atoms with E-state index in [2.05, 4.69) is 5.32 Å². The molecule has 2 amide bonds. The summed E-state index contributed by atoms with van der Waals surface area (Å²) in [6.07, 6.45) is 2.28. The van der Waals surface area contributed by atoms with Gasteiger partial charge in [0.25, 0.3) is 0 Å². The first kappa shape index (κ1) is 20.5. The summed E-state index contributed by atoms with van der Waals surface area (Å²) in [7, 11) is -3.65. The van der Waals surface area contributed by atoms with E-state index in [0.29, 0.717) is 24.2 Å². The van der Waals surface area contributed by atoms with Crippen molar-refractivity contribution in [2.45, 2.75) is 37.5 Å². The second-order valence-corrected chi connectivity index (χ2v) is 9.99. The Labute approximate surface area is 175 Å². The van der Waals surface area contributed by atoms with Gasteiger partial charge in [0.15, 0.2) is 9.84 Å². The van der Waals surface area contributed by atoms with E-state index in [4.69, 9.17) is 0 Å². The minimum absolute atomic E-state index is 0.114. The number of carbonyl (C=O) groups is 2. The van der Waals surface area contributed by atoms with Crippen molar-refractivity contribution in [1.82, 2.24) is 0 Å². The Morgan fingerprint density at radius 2 is 1.93 bits per heavy atom. The van der Waals surface area contributed by atoms with Crippen LogP contribution in [0.4, 0.5) is 15.8 Å². The minimum Gasteiger partial charge on any atom is -0.326 e. The minimum atomic E-state index is -3.65. The predicted octanol–water partition coefficient (Wildman–Crippen LogP) is 3.24. The zero-order chi connectivity index (χ0) is 21.5. The lowest BCUT2D eigenvalue weighted by atomic mass is 10.2. The number of benzene rings is 2. The van der Waals surface area contributed by atoms with Crippen molar-refractivity contribution >= 4 is 33.0 Å². The zero-order valence-corrected chi connectivity index (χ0v) is 17.5. The van der Waals surface area contributed by atoms with Gasteiger partial charge in [-0.2, -0.15) is 0 Å². The number of fused-ring (bicyclic) bond motifs is 1. The average molecular weight is 431 g/mol. The predicted molar refractivity (Wildman–Crippen MR) is 112 cm³/mol. The van der Waals surface area contributed by atoms with Gasteiger partial charge in [0.2, 0.25) is 11.8 Å². The van der Waals surface area contributed by atoms with Gasteiger partial charge in [-0.3, -0.25) is 9.59 Å². The fourth-order valence-electron chi connectivity index (χ4n) is 3.68. The molecule has 158 valence electrons. The van der Waals surface area contributed by atoms with Crippen molar-refractivity contribution in [3.63, 3.8) is 0 Å². The van der Waals surface area contributed by atoms with E-state index in [-0.39, 0.29) is 28.9 Å². The van der Waals surface area contributed by atoms with Gasteiger partial charge in [0.1, 0.15) is 5.82 Å². The third-order valence-electron chi connectivity index (χ3n) is 5.56. The number of amides is 2. The Bertz CT molecular complexity index is 1130. The lowest BCUT2D eigenvalue weighted by Gasteiger charge is -2.17. The van der Waals surface area contributed by atoms with E-state index in [9.17, 15) is 22.4 Å². The third kappa shape index (κ3) is 4.23. The quantitative estimate of drug-likeness (QED) is 0.763. The van der Waals surface area contributed by atoms with Gasteiger partial charge in [-0.25, -0.2) is 12.8 Å². The maximum absolute atomic E-state index is 13.2. The highest BCUT2D eigenvalue weighted by Crippen LogP contribution is 2.37. The molecule has 30 heavy (non-hydrogen) atoms. The van der Waals surface area contributed by atoms with Crippen LogP contribution < -0.4 is 10.2 Å². The molecule has 4 rings (SSSR count). The summed E-state index contributed by atoms with van der Waals surface area (Å²) in [5.74, 6) is -0.944. The van der Waals surface area contributed by atoms with Crippen molar-refractivity contribution in [3.8, 4) is 0 Å². The maximum atomic E-state index is 13.2. The van der Waals surface area contributed by atoms with Gasteiger partial charge < -0.3 is 10.2 Å². The first-order chi connectivity index (χ1) is 14.2. The van der Waals surface area contributed by atoms with Crippen LogP contribution in [0.25, 0.3) is 0 Å². The molecule has 1 saturated carbocycles. The van der Waals surface area contributed by atoms with Gasteiger partial charge in [0, 0.05) is 30.3 Å². The van der Waals surface area contributed by atoms with Crippen LogP contribution in [0.2, 0.25) is 0 Å². The van der Waals surface area contributed by atoms with Crippen molar-refractivity contribution in [1.29, 1.82) is 0 Å². The van der Waals surface area contributed by atoms with Gasteiger partial charge in [-0.05, 0) is 73.7 Å². The van der Waals surface area contributed by atoms with Gasteiger partial charge in [-0.15, -0.1) is 0 Å². The molecule has 2 aliphatic rings. The smallest absolute Gasteiger partial charge is 0.230 e. The van der Waals surface area contributed by atoms with Crippen molar-refractivity contribution in [2.24, 2.45) is 5.92 Å². The molecule has 0 aromatic heterocycles. The number of rotatable bonds is 6. The number of hydrogen-bond acceptors (Lipinski definition) is 4. The summed E-state index contributed by atoms with van der Waals surface area (Å²) in [4.78, 5) is 26.5. The normalized spacial score (nSPS) is 15.7. The second-order valence-electron chi connectivity index (χ2n) is 7.88. The Morgan fingerprint density at radius 3 is 2.63 bits per heavy atom. The van der Waals surface area contributed by atoms with E-state index >= 15 is 0 Å². The van der Waals surface area contributed by atoms with Crippen LogP contribution in [-0.4, -0.2) is 32.5 Å². The monoisotopic (exact) mass is 430 g/mol. The number of carbonyl (C=O) groups excluding carboxylic acids is 2. The summed E-state index contributed by atoms with van der Waals surface area (Å²) in [5, 5.41) is 2.62. The number of aryl methyl sites for hydroxylation is 1. The van der Waals surface area contributed by atoms with Crippen LogP contribution in [0.15, 0.2) is 41.3 Å². The molecule has 1 heterocycles. The van der Waals surface area contributed by atoms with E-state index < -0.39 is 21.6 Å². The van der Waals surface area contributed by atoms with Crippen LogP contribution in [-0.2, 0) is 25.8 Å². The molecule has 1 aliphatic carbocycles. The Morgan fingerprint density at radius 1 is 1.17 bits per heavy atom. The number of halogens is 1. The lowest BCUT2D eigenvalue weighted by molar-refractivity contribution is -0.119. The first-order valence-electron chi connectivity index (χ1n) is 9.98. The molecule has 8 heteroatoms. The van der Waals surface area contributed by atoms with E-state index in [1.165, 1.54) is 24.3 Å². The number of hydrogen-bond donors (Lipinski definition) is 1. The Balaban J connectivity index is 1.41. The molecule has 0 unspecified atom stereocenters. The summed E-state index contributed by atoms with van der Waals surface area (Å²) < 4.78 is 38.6. The second kappa shape index (κ2) is 7.83. The van der Waals surface area contributed by atoms with Crippen LogP contribution in [0, 0.1) is 18.7 Å². The van der Waals surface area contributed by atoms with E-state index in [1.54, 1.807) is 24.0 Å². The molecule has 2 aromatic carbocycles. The number of sulfone groups is 1. The molecule has 0 saturated heterocycles.